The van der Waals surface area contributed by atoms with Crippen molar-refractivity contribution in [2.45, 2.75) is 48.8 Å². The SMILES string of the molecule is N[C@@H](C(=O)N[C@@H]1C(=O)N2C(C(=O)[O-])=C(CNC(=O)NC3CCN(c4c(F)cc5c(=O)c(C(=O)[O-])cn(C6CC6)c5c4Cl)C3)CS[C@H]12)c1ccccc1.[Na+].[Na+]. The number of amides is 4. The van der Waals surface area contributed by atoms with E-state index in [9.17, 15) is 39.0 Å². The molecule has 1 aromatic heterocycles. The number of anilines is 1. The number of benzene rings is 2. The molecule has 1 aliphatic carbocycles. The number of hydrogen-bond donors (Lipinski definition) is 4. The largest absolute Gasteiger partial charge is 1.00 e. The number of β-lactam (4-membered cyclic amide) rings is 1. The van der Waals surface area contributed by atoms with Crippen LogP contribution in [0.3, 0.4) is 0 Å². The molecule has 0 radical (unpaired) electrons. The topological polar surface area (TPSA) is 222 Å². The van der Waals surface area contributed by atoms with Gasteiger partial charge in [0.05, 0.1) is 44.8 Å². The monoisotopic (exact) mass is 797 g/mol. The molecule has 4 atom stereocenters. The van der Waals surface area contributed by atoms with E-state index >= 15 is 4.39 Å². The van der Waals surface area contributed by atoms with Crippen LogP contribution in [0.2, 0.25) is 5.02 Å². The zero-order chi connectivity index (χ0) is 37.0. The Morgan fingerprint density at radius 1 is 1.04 bits per heavy atom. The van der Waals surface area contributed by atoms with Crippen LogP contribution >= 0.6 is 23.4 Å². The number of aliphatic carboxylic acids is 1. The maximum atomic E-state index is 15.5. The number of carbonyl (C=O) groups excluding carboxylic acids is 5. The number of carbonyl (C=O) groups is 5. The molecule has 1 saturated carbocycles. The fourth-order valence-corrected chi connectivity index (χ4v) is 8.63. The predicted molar refractivity (Wildman–Crippen MR) is 183 cm³/mol. The molecule has 15 nitrogen and oxygen atoms in total. The van der Waals surface area contributed by atoms with Crippen molar-refractivity contribution in [2.75, 3.05) is 30.3 Å². The van der Waals surface area contributed by atoms with Crippen molar-refractivity contribution in [2.24, 2.45) is 5.73 Å². The van der Waals surface area contributed by atoms with Gasteiger partial charge in [-0.1, -0.05) is 41.9 Å². The van der Waals surface area contributed by atoms with Gasteiger partial charge in [0.15, 0.2) is 5.43 Å². The minimum Gasteiger partial charge on any atom is -0.545 e. The summed E-state index contributed by atoms with van der Waals surface area (Å²) in [5.41, 5.74) is 5.22. The van der Waals surface area contributed by atoms with Gasteiger partial charge in [-0.15, -0.1) is 11.8 Å². The summed E-state index contributed by atoms with van der Waals surface area (Å²) in [5, 5.41) is 30.9. The number of urea groups is 1. The molecular formula is C34H31ClFN7Na2O8S. The molecular weight excluding hydrogens is 767 g/mol. The van der Waals surface area contributed by atoms with Crippen LogP contribution in [0.5, 0.6) is 0 Å². The third-order valence-electron chi connectivity index (χ3n) is 9.63. The first-order valence-corrected chi connectivity index (χ1v) is 17.8. The second kappa shape index (κ2) is 16.9. The molecule has 3 aromatic rings. The Hall–Kier alpha value is -3.13. The molecule has 4 aliphatic rings. The molecule has 1 unspecified atom stereocenters. The van der Waals surface area contributed by atoms with E-state index in [0.29, 0.717) is 18.5 Å². The molecule has 0 bridgehead atoms. The number of nitrogens with two attached hydrogens (primary N) is 1. The molecule has 54 heavy (non-hydrogen) atoms. The summed E-state index contributed by atoms with van der Waals surface area (Å²) in [6.07, 6.45) is 3.05. The quantitative estimate of drug-likeness (QED) is 0.112. The van der Waals surface area contributed by atoms with Gasteiger partial charge in [-0.25, -0.2) is 9.18 Å². The van der Waals surface area contributed by atoms with Crippen molar-refractivity contribution >= 4 is 69.7 Å². The van der Waals surface area contributed by atoms with E-state index in [2.05, 4.69) is 16.0 Å². The van der Waals surface area contributed by atoms with Crippen molar-refractivity contribution < 1.29 is 97.7 Å². The molecule has 7 rings (SSSR count). The van der Waals surface area contributed by atoms with E-state index in [4.69, 9.17) is 17.3 Å². The smallest absolute Gasteiger partial charge is 0.545 e. The molecule has 5 N–H and O–H groups in total. The molecule has 4 amide bonds. The van der Waals surface area contributed by atoms with Crippen LogP contribution in [0.1, 0.15) is 47.3 Å². The summed E-state index contributed by atoms with van der Waals surface area (Å²) in [6, 6.07) is 6.33. The Morgan fingerprint density at radius 2 is 1.74 bits per heavy atom. The van der Waals surface area contributed by atoms with Crippen molar-refractivity contribution in [3.8, 4) is 0 Å². The number of nitrogens with zero attached hydrogens (tertiary/aromatic N) is 3. The summed E-state index contributed by atoms with van der Waals surface area (Å²) in [4.78, 5) is 78.1. The van der Waals surface area contributed by atoms with Crippen LogP contribution in [0, 0.1) is 5.82 Å². The number of rotatable bonds is 10. The van der Waals surface area contributed by atoms with Crippen LogP contribution in [0.15, 0.2) is 58.7 Å². The maximum absolute atomic E-state index is 15.5. The van der Waals surface area contributed by atoms with Gasteiger partial charge in [0, 0.05) is 43.7 Å². The van der Waals surface area contributed by atoms with Gasteiger partial charge in [-0.3, -0.25) is 19.3 Å². The van der Waals surface area contributed by atoms with E-state index in [-0.39, 0.29) is 117 Å². The summed E-state index contributed by atoms with van der Waals surface area (Å²) < 4.78 is 17.1. The number of nitrogens with one attached hydrogen (secondary N) is 3. The van der Waals surface area contributed by atoms with Crippen LogP contribution < -0.4 is 101 Å². The van der Waals surface area contributed by atoms with Crippen molar-refractivity contribution in [3.05, 3.63) is 86.1 Å². The van der Waals surface area contributed by atoms with E-state index in [0.717, 1.165) is 23.8 Å². The Bertz CT molecular complexity index is 2140. The summed E-state index contributed by atoms with van der Waals surface area (Å²) in [7, 11) is 0. The predicted octanol–water partition coefficient (Wildman–Crippen LogP) is -6.52. The van der Waals surface area contributed by atoms with Gasteiger partial charge >= 0.3 is 65.1 Å². The molecule has 272 valence electrons. The Kier molecular flexibility index (Phi) is 13.2. The third kappa shape index (κ3) is 7.93. The third-order valence-corrected chi connectivity index (χ3v) is 11.3. The number of aromatic carboxylic acids is 1. The van der Waals surface area contributed by atoms with E-state index in [1.54, 1.807) is 39.8 Å². The zero-order valence-corrected chi connectivity index (χ0v) is 34.8. The van der Waals surface area contributed by atoms with Gasteiger partial charge in [-0.05, 0) is 36.5 Å². The second-order valence-corrected chi connectivity index (χ2v) is 14.5. The minimum atomic E-state index is -1.67. The zero-order valence-electron chi connectivity index (χ0n) is 29.2. The summed E-state index contributed by atoms with van der Waals surface area (Å²) >= 11 is 7.95. The number of carboxylic acid groups (broad SMARTS) is 2. The van der Waals surface area contributed by atoms with E-state index < -0.39 is 70.1 Å². The van der Waals surface area contributed by atoms with Crippen LogP contribution in [0.4, 0.5) is 14.9 Å². The second-order valence-electron chi connectivity index (χ2n) is 13.0. The molecule has 0 spiro atoms. The van der Waals surface area contributed by atoms with E-state index in [1.165, 1.54) is 18.0 Å². The molecule has 20 heteroatoms. The number of fused-ring (bicyclic) bond motifs is 2. The fourth-order valence-electron chi connectivity index (χ4n) is 6.87. The van der Waals surface area contributed by atoms with Crippen molar-refractivity contribution in [3.63, 3.8) is 0 Å². The maximum Gasteiger partial charge on any atom is 1.00 e. The first-order chi connectivity index (χ1) is 24.8. The number of thioether (sulfide) groups is 1. The van der Waals surface area contributed by atoms with Gasteiger partial charge in [-0.2, -0.15) is 0 Å². The van der Waals surface area contributed by atoms with Crippen LogP contribution in [-0.4, -0.2) is 82.1 Å². The first-order valence-electron chi connectivity index (χ1n) is 16.4. The summed E-state index contributed by atoms with van der Waals surface area (Å²) in [6.45, 7) is 0.220. The molecule has 4 heterocycles. The van der Waals surface area contributed by atoms with Crippen molar-refractivity contribution in [1.82, 2.24) is 25.4 Å². The average Bonchev–Trinajstić information content (AvgIpc) is 3.87. The van der Waals surface area contributed by atoms with Gasteiger partial charge < -0.3 is 51.0 Å². The fraction of sp³-hybridized carbons (Fsp3) is 0.353. The number of aromatic nitrogens is 1. The van der Waals surface area contributed by atoms with Crippen LogP contribution in [-0.2, 0) is 14.4 Å². The normalized spacial score (nSPS) is 20.9. The Morgan fingerprint density at radius 3 is 2.39 bits per heavy atom. The number of hydrogen-bond acceptors (Lipinski definition) is 11. The molecule has 2 aromatic carbocycles. The molecule has 3 aliphatic heterocycles. The molecule has 3 fully saturated rings. The van der Waals surface area contributed by atoms with E-state index in [1.807, 2.05) is 0 Å². The summed E-state index contributed by atoms with van der Waals surface area (Å²) in [5.74, 6) is -5.21. The average molecular weight is 798 g/mol. The molecule has 2 saturated heterocycles. The number of halogens is 2. The minimum absolute atomic E-state index is 0. The first kappa shape index (κ1) is 42.0. The number of pyridine rings is 1. The standard InChI is InChI=1S/C34H33ClFN7O8S.2Na/c35-22-26-19(28(44)20(32(47)48)13-42(26)18-6-7-18)10-21(36)27(22)41-9-8-17(12-41)39-34(51)38-11-16-14-52-31-24(30(46)43(31)25(16)33(49)50)40-29(45)23(37)15-4-2-1-3-5-15;;/h1-5,10,13,17-18,23-24,31H,6-9,11-12,14,37H2,(H,40,45)(H,47,48)(H,49,50)(H2,38,39,51);;/q;2*+1/p-2/t17?,23-,24-,31-;;/m1../s1. The Labute approximate surface area is 360 Å². The Balaban J connectivity index is 0.00000280. The number of carboxylic acids is 2. The van der Waals surface area contributed by atoms with Crippen molar-refractivity contribution in [1.29, 1.82) is 0 Å². The van der Waals surface area contributed by atoms with Gasteiger partial charge in [0.25, 0.3) is 5.91 Å². The van der Waals surface area contributed by atoms with Gasteiger partial charge in [0.1, 0.15) is 23.3 Å². The van der Waals surface area contributed by atoms with Crippen LogP contribution in [0.25, 0.3) is 10.9 Å². The van der Waals surface area contributed by atoms with Gasteiger partial charge in [0.2, 0.25) is 5.91 Å².